The molecule has 0 saturated heterocycles. The zero-order chi connectivity index (χ0) is 17.8. The molecule has 27 heavy (non-hydrogen) atoms. The largest absolute Gasteiger partial charge is 0.493 e. The van der Waals surface area contributed by atoms with Crippen LogP contribution in [0.5, 0.6) is 23.0 Å². The molecule has 3 nitrogen and oxygen atoms in total. The monoisotopic (exact) mass is 354 g/mol. The van der Waals surface area contributed by atoms with E-state index in [1.54, 1.807) is 0 Å². The average Bonchev–Trinajstić information content (AvgIpc) is 3.36. The van der Waals surface area contributed by atoms with Gasteiger partial charge in [-0.3, -0.25) is 0 Å². The SMILES string of the molecule is c1cc2c3c(ccc2cc1Oc1ccc2c4c(ccc2c1)OCC4)OCC3. The molecule has 0 atom stereocenters. The summed E-state index contributed by atoms with van der Waals surface area (Å²) in [4.78, 5) is 0. The molecule has 2 heterocycles. The number of rotatable bonds is 2. The molecule has 0 unspecified atom stereocenters. The molecule has 0 fully saturated rings. The van der Waals surface area contributed by atoms with Crippen LogP contribution in [0.4, 0.5) is 0 Å². The molecule has 0 radical (unpaired) electrons. The maximum atomic E-state index is 6.17. The van der Waals surface area contributed by atoms with Gasteiger partial charge in [-0.05, 0) is 57.9 Å². The van der Waals surface area contributed by atoms with Crippen LogP contribution in [0.1, 0.15) is 11.1 Å². The van der Waals surface area contributed by atoms with Crippen molar-refractivity contribution in [3.05, 3.63) is 71.8 Å². The fraction of sp³-hybridized carbons (Fsp3) is 0.167. The average molecular weight is 354 g/mol. The molecule has 0 N–H and O–H groups in total. The smallest absolute Gasteiger partial charge is 0.128 e. The van der Waals surface area contributed by atoms with E-state index in [0.717, 1.165) is 49.1 Å². The molecule has 3 heteroatoms. The van der Waals surface area contributed by atoms with Gasteiger partial charge in [0.25, 0.3) is 0 Å². The molecule has 6 rings (SSSR count). The van der Waals surface area contributed by atoms with Crippen LogP contribution in [0.3, 0.4) is 0 Å². The first-order valence-corrected chi connectivity index (χ1v) is 9.40. The van der Waals surface area contributed by atoms with Gasteiger partial charge in [-0.25, -0.2) is 0 Å². The first-order valence-electron chi connectivity index (χ1n) is 9.40. The second-order valence-electron chi connectivity index (χ2n) is 7.15. The zero-order valence-corrected chi connectivity index (χ0v) is 14.8. The minimum Gasteiger partial charge on any atom is -0.493 e. The van der Waals surface area contributed by atoms with E-state index in [9.17, 15) is 0 Å². The van der Waals surface area contributed by atoms with Crippen LogP contribution in [0.15, 0.2) is 60.7 Å². The molecule has 0 bridgehead atoms. The number of fused-ring (bicyclic) bond motifs is 6. The number of benzene rings is 4. The molecular formula is C24H18O3. The third-order valence-corrected chi connectivity index (χ3v) is 5.57. The summed E-state index contributed by atoms with van der Waals surface area (Å²) >= 11 is 0. The lowest BCUT2D eigenvalue weighted by molar-refractivity contribution is 0.356. The van der Waals surface area contributed by atoms with Crippen LogP contribution >= 0.6 is 0 Å². The van der Waals surface area contributed by atoms with Crippen molar-refractivity contribution in [2.24, 2.45) is 0 Å². The minimum atomic E-state index is 0.776. The van der Waals surface area contributed by atoms with Gasteiger partial charge in [0.15, 0.2) is 0 Å². The maximum absolute atomic E-state index is 6.17. The number of ether oxygens (including phenoxy) is 3. The van der Waals surface area contributed by atoms with Gasteiger partial charge in [-0.1, -0.05) is 24.3 Å². The Labute approximate surface area is 157 Å². The fourth-order valence-electron chi connectivity index (χ4n) is 4.28. The fourth-order valence-corrected chi connectivity index (χ4v) is 4.28. The normalized spacial score (nSPS) is 14.7. The molecule has 4 aromatic rings. The first kappa shape index (κ1) is 14.9. The molecular weight excluding hydrogens is 336 g/mol. The van der Waals surface area contributed by atoms with E-state index >= 15 is 0 Å². The van der Waals surface area contributed by atoms with Crippen LogP contribution < -0.4 is 14.2 Å². The van der Waals surface area contributed by atoms with Crippen molar-refractivity contribution < 1.29 is 14.2 Å². The van der Waals surface area contributed by atoms with E-state index in [-0.39, 0.29) is 0 Å². The van der Waals surface area contributed by atoms with E-state index in [4.69, 9.17) is 14.2 Å². The van der Waals surface area contributed by atoms with Crippen molar-refractivity contribution in [1.82, 2.24) is 0 Å². The lowest BCUT2D eigenvalue weighted by atomic mass is 10.0. The molecule has 2 aliphatic rings. The second kappa shape index (κ2) is 5.65. The van der Waals surface area contributed by atoms with Gasteiger partial charge in [0.05, 0.1) is 13.2 Å². The highest BCUT2D eigenvalue weighted by atomic mass is 16.5. The van der Waals surface area contributed by atoms with Crippen LogP contribution in [0.25, 0.3) is 21.5 Å². The summed E-state index contributed by atoms with van der Waals surface area (Å²) in [5.41, 5.74) is 2.61. The van der Waals surface area contributed by atoms with E-state index in [1.807, 2.05) is 12.1 Å². The lowest BCUT2D eigenvalue weighted by Gasteiger charge is -2.10. The minimum absolute atomic E-state index is 0.776. The van der Waals surface area contributed by atoms with Gasteiger partial charge >= 0.3 is 0 Å². The predicted molar refractivity (Wildman–Crippen MR) is 106 cm³/mol. The summed E-state index contributed by atoms with van der Waals surface area (Å²) in [6.45, 7) is 1.55. The van der Waals surface area contributed by atoms with Crippen LogP contribution in [0.2, 0.25) is 0 Å². The Morgan fingerprint density at radius 2 is 1.11 bits per heavy atom. The van der Waals surface area contributed by atoms with Crippen molar-refractivity contribution >= 4 is 21.5 Å². The van der Waals surface area contributed by atoms with E-state index in [0.29, 0.717) is 0 Å². The second-order valence-corrected chi connectivity index (χ2v) is 7.15. The number of hydrogen-bond donors (Lipinski definition) is 0. The summed E-state index contributed by atoms with van der Waals surface area (Å²) in [5.74, 6) is 3.74. The van der Waals surface area contributed by atoms with Crippen LogP contribution in [-0.2, 0) is 12.8 Å². The van der Waals surface area contributed by atoms with E-state index in [1.165, 1.54) is 32.7 Å². The number of hydrogen-bond acceptors (Lipinski definition) is 3. The van der Waals surface area contributed by atoms with Gasteiger partial charge in [0.2, 0.25) is 0 Å². The van der Waals surface area contributed by atoms with Crippen molar-refractivity contribution in [1.29, 1.82) is 0 Å². The van der Waals surface area contributed by atoms with E-state index < -0.39 is 0 Å². The molecule has 0 aliphatic carbocycles. The van der Waals surface area contributed by atoms with Crippen molar-refractivity contribution in [2.45, 2.75) is 12.8 Å². The molecule has 0 saturated carbocycles. The third kappa shape index (κ3) is 2.35. The highest BCUT2D eigenvalue weighted by Crippen LogP contribution is 2.37. The standard InChI is InChI=1S/C24H18O3/c1-7-23-21(9-11-25-23)19-5-3-17(13-15(1)19)27-18-4-6-20-16(14-18)2-8-24-22(20)10-12-26-24/h1-8,13-14H,9-12H2. The molecule has 2 aliphatic heterocycles. The maximum Gasteiger partial charge on any atom is 0.128 e. The Bertz CT molecular complexity index is 1110. The molecule has 132 valence electrons. The quantitative estimate of drug-likeness (QED) is 0.465. The van der Waals surface area contributed by atoms with Gasteiger partial charge < -0.3 is 14.2 Å². The summed E-state index contributed by atoms with van der Waals surface area (Å²) < 4.78 is 17.5. The van der Waals surface area contributed by atoms with Crippen molar-refractivity contribution in [3.8, 4) is 23.0 Å². The Morgan fingerprint density at radius 1 is 0.593 bits per heavy atom. The van der Waals surface area contributed by atoms with Gasteiger partial charge in [0.1, 0.15) is 23.0 Å². The van der Waals surface area contributed by atoms with Gasteiger partial charge in [0, 0.05) is 24.0 Å². The highest BCUT2D eigenvalue weighted by Gasteiger charge is 2.16. The molecule has 0 spiro atoms. The highest BCUT2D eigenvalue weighted by molar-refractivity contribution is 5.90. The van der Waals surface area contributed by atoms with Gasteiger partial charge in [-0.2, -0.15) is 0 Å². The first-order chi connectivity index (χ1) is 13.3. The molecule has 4 aromatic carbocycles. The summed E-state index contributed by atoms with van der Waals surface area (Å²) in [7, 11) is 0. The zero-order valence-electron chi connectivity index (χ0n) is 14.8. The van der Waals surface area contributed by atoms with Crippen LogP contribution in [0, 0.1) is 0 Å². The van der Waals surface area contributed by atoms with Crippen molar-refractivity contribution in [2.75, 3.05) is 13.2 Å². The van der Waals surface area contributed by atoms with Crippen LogP contribution in [-0.4, -0.2) is 13.2 Å². The van der Waals surface area contributed by atoms with Crippen molar-refractivity contribution in [3.63, 3.8) is 0 Å². The Hall–Kier alpha value is -3.20. The Balaban J connectivity index is 1.37. The summed E-state index contributed by atoms with van der Waals surface area (Å²) in [6, 6.07) is 20.9. The third-order valence-electron chi connectivity index (χ3n) is 5.57. The van der Waals surface area contributed by atoms with Gasteiger partial charge in [-0.15, -0.1) is 0 Å². The molecule has 0 amide bonds. The summed E-state index contributed by atoms with van der Waals surface area (Å²) in [6.07, 6.45) is 1.96. The molecule has 0 aromatic heterocycles. The predicted octanol–water partition coefficient (Wildman–Crippen LogP) is 5.66. The summed E-state index contributed by atoms with van der Waals surface area (Å²) in [5, 5.41) is 4.89. The lowest BCUT2D eigenvalue weighted by Crippen LogP contribution is -1.88. The topological polar surface area (TPSA) is 27.7 Å². The van der Waals surface area contributed by atoms with E-state index in [2.05, 4.69) is 48.5 Å². The Morgan fingerprint density at radius 3 is 1.63 bits per heavy atom. The Kier molecular flexibility index (Phi) is 3.12.